The molecule has 0 spiro atoms. The molecule has 1 fully saturated rings. The minimum absolute atomic E-state index is 0.00297. The van der Waals surface area contributed by atoms with Crippen LogP contribution in [0.15, 0.2) is 41.0 Å². The summed E-state index contributed by atoms with van der Waals surface area (Å²) in [4.78, 5) is 22.3. The van der Waals surface area contributed by atoms with Crippen LogP contribution >= 0.6 is 34.4 Å². The molecule has 1 unspecified atom stereocenters. The molecule has 1 saturated heterocycles. The molecule has 0 aliphatic carbocycles. The van der Waals surface area contributed by atoms with E-state index >= 15 is 0 Å². The van der Waals surface area contributed by atoms with E-state index in [4.69, 9.17) is 9.47 Å². The van der Waals surface area contributed by atoms with E-state index in [1.165, 1.54) is 29.4 Å². The lowest BCUT2D eigenvalue weighted by Crippen LogP contribution is -2.14. The molecular formula is C21H19N5O3S3. The van der Waals surface area contributed by atoms with Gasteiger partial charge in [0.15, 0.2) is 0 Å². The minimum atomic E-state index is -0.155. The Kier molecular flexibility index (Phi) is 6.30. The van der Waals surface area contributed by atoms with E-state index in [9.17, 15) is 4.79 Å². The van der Waals surface area contributed by atoms with Crippen LogP contribution in [0.25, 0.3) is 21.3 Å². The summed E-state index contributed by atoms with van der Waals surface area (Å²) in [7, 11) is 1.65. The summed E-state index contributed by atoms with van der Waals surface area (Å²) in [6, 6.07) is 7.87. The maximum Gasteiger partial charge on any atom is 0.236 e. The van der Waals surface area contributed by atoms with Crippen LogP contribution in [0.3, 0.4) is 0 Å². The van der Waals surface area contributed by atoms with Gasteiger partial charge in [0.1, 0.15) is 33.0 Å². The number of benzene rings is 1. The number of hydrogen-bond acceptors (Lipinski definition) is 10. The topological polar surface area (TPSA) is 99.1 Å². The molecule has 0 radical (unpaired) electrons. The number of methoxy groups -OCH3 is 1. The van der Waals surface area contributed by atoms with Gasteiger partial charge >= 0.3 is 0 Å². The van der Waals surface area contributed by atoms with Crippen molar-refractivity contribution in [1.82, 2.24) is 20.2 Å². The van der Waals surface area contributed by atoms with Crippen molar-refractivity contribution >= 4 is 55.7 Å². The fraction of sp³-hybridized carbons (Fsp3) is 0.286. The Hall–Kier alpha value is -2.60. The lowest BCUT2D eigenvalue weighted by molar-refractivity contribution is -0.113. The van der Waals surface area contributed by atoms with E-state index < -0.39 is 0 Å². The van der Waals surface area contributed by atoms with Gasteiger partial charge in [-0.2, -0.15) is 0 Å². The average molecular weight is 486 g/mol. The zero-order valence-corrected chi connectivity index (χ0v) is 19.6. The first-order chi connectivity index (χ1) is 15.7. The molecule has 0 bridgehead atoms. The van der Waals surface area contributed by atoms with Gasteiger partial charge in [0.05, 0.1) is 18.2 Å². The molecule has 3 aromatic heterocycles. The number of hydrogen-bond donors (Lipinski definition) is 1. The third kappa shape index (κ3) is 4.46. The molecule has 1 atom stereocenters. The summed E-state index contributed by atoms with van der Waals surface area (Å²) in [6.45, 7) is 0.747. The number of amides is 1. The first-order valence-electron chi connectivity index (χ1n) is 9.95. The zero-order valence-electron chi connectivity index (χ0n) is 17.1. The first kappa shape index (κ1) is 21.3. The smallest absolute Gasteiger partial charge is 0.236 e. The van der Waals surface area contributed by atoms with Gasteiger partial charge in [-0.25, -0.2) is 9.97 Å². The molecule has 11 heteroatoms. The van der Waals surface area contributed by atoms with Crippen molar-refractivity contribution in [2.75, 3.05) is 24.8 Å². The van der Waals surface area contributed by atoms with E-state index in [-0.39, 0.29) is 17.8 Å². The third-order valence-corrected chi connectivity index (χ3v) is 7.78. The van der Waals surface area contributed by atoms with E-state index in [0.29, 0.717) is 5.13 Å². The number of carbonyl (C=O) groups excluding carboxylic acids is 1. The number of carbonyl (C=O) groups is 1. The maximum absolute atomic E-state index is 12.5. The normalized spacial score (nSPS) is 15.8. The molecule has 32 heavy (non-hydrogen) atoms. The van der Waals surface area contributed by atoms with Crippen LogP contribution in [0.1, 0.15) is 24.0 Å². The zero-order chi connectivity index (χ0) is 21.9. The number of thiophene rings is 1. The average Bonchev–Trinajstić information content (AvgIpc) is 3.58. The molecule has 8 nitrogen and oxygen atoms in total. The summed E-state index contributed by atoms with van der Waals surface area (Å²) in [6.07, 6.45) is 3.50. The number of nitrogens with zero attached hydrogens (tertiary/aromatic N) is 4. The number of anilines is 1. The summed E-state index contributed by atoms with van der Waals surface area (Å²) < 4.78 is 10.9. The molecule has 164 valence electrons. The van der Waals surface area contributed by atoms with Gasteiger partial charge in [-0.05, 0) is 30.5 Å². The van der Waals surface area contributed by atoms with Gasteiger partial charge in [0.25, 0.3) is 0 Å². The van der Waals surface area contributed by atoms with Crippen molar-refractivity contribution in [2.45, 2.75) is 24.0 Å². The fourth-order valence-electron chi connectivity index (χ4n) is 3.42. The van der Waals surface area contributed by atoms with Crippen LogP contribution < -0.4 is 10.1 Å². The maximum atomic E-state index is 12.5. The molecule has 1 aliphatic rings. The monoisotopic (exact) mass is 485 g/mol. The number of aromatic nitrogens is 4. The van der Waals surface area contributed by atoms with Gasteiger partial charge in [0, 0.05) is 17.6 Å². The Morgan fingerprint density at radius 3 is 2.94 bits per heavy atom. The quantitative estimate of drug-likeness (QED) is 0.294. The molecule has 0 saturated carbocycles. The second-order valence-corrected chi connectivity index (χ2v) is 9.85. The molecule has 1 N–H and O–H groups in total. The summed E-state index contributed by atoms with van der Waals surface area (Å²) >= 11 is 4.31. The Labute approximate surface area is 196 Å². The molecule has 1 aliphatic heterocycles. The highest BCUT2D eigenvalue weighted by Crippen LogP contribution is 2.38. The fourth-order valence-corrected chi connectivity index (χ4v) is 6.05. The third-order valence-electron chi connectivity index (χ3n) is 4.97. The van der Waals surface area contributed by atoms with Gasteiger partial charge in [0.2, 0.25) is 11.0 Å². The number of thioether (sulfide) groups is 1. The number of rotatable bonds is 7. The van der Waals surface area contributed by atoms with Crippen LogP contribution in [0.5, 0.6) is 5.75 Å². The van der Waals surface area contributed by atoms with Crippen molar-refractivity contribution in [3.63, 3.8) is 0 Å². The van der Waals surface area contributed by atoms with E-state index in [0.717, 1.165) is 56.6 Å². The van der Waals surface area contributed by atoms with Gasteiger partial charge in [-0.15, -0.1) is 21.5 Å². The highest BCUT2D eigenvalue weighted by Gasteiger charge is 2.22. The van der Waals surface area contributed by atoms with Crippen molar-refractivity contribution in [3.8, 4) is 16.9 Å². The molecule has 5 rings (SSSR count). The van der Waals surface area contributed by atoms with Crippen molar-refractivity contribution in [2.24, 2.45) is 0 Å². The van der Waals surface area contributed by atoms with Crippen molar-refractivity contribution in [1.29, 1.82) is 0 Å². The molecule has 1 aromatic carbocycles. The standard InChI is InChI=1S/C21H19N5O3S3/c1-28-13-6-4-12(5-7-13)14-9-30-19-17(14)20(23-11-22-19)31-10-16(27)24-21-26-25-18(32-21)15-3-2-8-29-15/h4-7,9,11,15H,2-3,8,10H2,1H3,(H,24,26,27). The van der Waals surface area contributed by atoms with Gasteiger partial charge < -0.3 is 9.47 Å². The minimum Gasteiger partial charge on any atom is -0.497 e. The lowest BCUT2D eigenvalue weighted by Gasteiger charge is -2.06. The largest absolute Gasteiger partial charge is 0.497 e. The SMILES string of the molecule is COc1ccc(-c2csc3ncnc(SCC(=O)Nc4nnc(C5CCCO5)s4)c23)cc1. The summed E-state index contributed by atoms with van der Waals surface area (Å²) in [5.74, 6) is 0.854. The van der Waals surface area contributed by atoms with Crippen LogP contribution in [0, 0.1) is 0 Å². The summed E-state index contributed by atoms with van der Waals surface area (Å²) in [5, 5.41) is 16.2. The molecule has 4 heterocycles. The van der Waals surface area contributed by atoms with Gasteiger partial charge in [-0.1, -0.05) is 35.2 Å². The lowest BCUT2D eigenvalue weighted by atomic mass is 10.1. The van der Waals surface area contributed by atoms with Crippen LogP contribution in [-0.2, 0) is 9.53 Å². The number of nitrogens with one attached hydrogen (secondary N) is 1. The van der Waals surface area contributed by atoms with Crippen LogP contribution in [0.4, 0.5) is 5.13 Å². The Morgan fingerprint density at radius 2 is 2.16 bits per heavy atom. The van der Waals surface area contributed by atoms with Crippen molar-refractivity contribution < 1.29 is 14.3 Å². The highest BCUT2D eigenvalue weighted by molar-refractivity contribution is 8.00. The van der Waals surface area contributed by atoms with Crippen molar-refractivity contribution in [3.05, 3.63) is 41.0 Å². The molecular weight excluding hydrogens is 466 g/mol. The second kappa shape index (κ2) is 9.49. The predicted molar refractivity (Wildman–Crippen MR) is 127 cm³/mol. The van der Waals surface area contributed by atoms with E-state index in [1.807, 2.05) is 24.3 Å². The molecule has 1 amide bonds. The highest BCUT2D eigenvalue weighted by atomic mass is 32.2. The van der Waals surface area contributed by atoms with E-state index in [2.05, 4.69) is 30.9 Å². The Balaban J connectivity index is 1.29. The summed E-state index contributed by atoms with van der Waals surface area (Å²) in [5.41, 5.74) is 2.09. The second-order valence-electron chi connectivity index (χ2n) is 7.02. The van der Waals surface area contributed by atoms with Gasteiger partial charge in [-0.3, -0.25) is 10.1 Å². The van der Waals surface area contributed by atoms with Crippen LogP contribution in [-0.4, -0.2) is 45.5 Å². The Morgan fingerprint density at radius 1 is 1.28 bits per heavy atom. The Bertz CT molecular complexity index is 1240. The number of ether oxygens (including phenoxy) is 2. The first-order valence-corrected chi connectivity index (χ1v) is 12.6. The molecule has 4 aromatic rings. The predicted octanol–water partition coefficient (Wildman–Crippen LogP) is 4.80. The number of fused-ring (bicyclic) bond motifs is 1. The van der Waals surface area contributed by atoms with Crippen LogP contribution in [0.2, 0.25) is 0 Å². The van der Waals surface area contributed by atoms with E-state index in [1.54, 1.807) is 18.4 Å².